The number of phosphoric acid groups is 2. The molecule has 0 aliphatic rings. The third kappa shape index (κ3) is 69.4. The zero-order valence-corrected chi connectivity index (χ0v) is 62.4. The Morgan fingerprint density at radius 1 is 0.296 bits per heavy atom. The van der Waals surface area contributed by atoms with Crippen molar-refractivity contribution >= 4 is 39.5 Å². The predicted octanol–water partition coefficient (Wildman–Crippen LogP) is 21.1. The molecule has 558 valence electrons. The average molecular weight is 1410 g/mol. The number of aliphatic hydroxyl groups excluding tert-OH is 1. The fourth-order valence-electron chi connectivity index (χ4n) is 9.16. The van der Waals surface area contributed by atoms with E-state index in [0.717, 1.165) is 161 Å². The highest BCUT2D eigenvalue weighted by Crippen LogP contribution is 2.45. The van der Waals surface area contributed by atoms with Gasteiger partial charge in [-0.05, 0) is 154 Å². The molecular formula is C79H130O17P2. The van der Waals surface area contributed by atoms with Crippen LogP contribution in [0.1, 0.15) is 272 Å². The largest absolute Gasteiger partial charge is 0.472 e. The topological polar surface area (TPSA) is 237 Å². The molecule has 0 spiro atoms. The number of aliphatic hydroxyl groups is 1. The molecule has 0 saturated carbocycles. The number of esters is 4. The molecule has 5 atom stereocenters. The van der Waals surface area contributed by atoms with E-state index in [4.69, 9.17) is 37.0 Å². The Balaban J connectivity index is 5.44. The van der Waals surface area contributed by atoms with Crippen molar-refractivity contribution in [3.63, 3.8) is 0 Å². The van der Waals surface area contributed by atoms with Crippen LogP contribution in [0, 0.1) is 0 Å². The Labute approximate surface area is 592 Å². The second-order valence-electron chi connectivity index (χ2n) is 24.1. The van der Waals surface area contributed by atoms with Crippen molar-refractivity contribution in [2.24, 2.45) is 0 Å². The number of hydrogen-bond donors (Lipinski definition) is 3. The molecule has 0 amide bonds. The number of phosphoric ester groups is 2. The maximum Gasteiger partial charge on any atom is 0.472 e. The number of allylic oxidation sites excluding steroid dienone is 24. The van der Waals surface area contributed by atoms with Gasteiger partial charge in [0, 0.05) is 25.7 Å². The fraction of sp³-hybridized carbons (Fsp3) is 0.646. The Morgan fingerprint density at radius 3 is 0.929 bits per heavy atom. The van der Waals surface area contributed by atoms with E-state index in [1.807, 2.05) is 12.2 Å². The van der Waals surface area contributed by atoms with E-state index in [2.05, 4.69) is 161 Å². The monoisotopic (exact) mass is 1410 g/mol. The van der Waals surface area contributed by atoms with Gasteiger partial charge in [0.05, 0.1) is 26.4 Å². The Kier molecular flexibility index (Phi) is 66.7. The van der Waals surface area contributed by atoms with Gasteiger partial charge in [0.25, 0.3) is 0 Å². The minimum Gasteiger partial charge on any atom is -0.462 e. The average Bonchev–Trinajstić information content (AvgIpc) is 0.969. The molecule has 0 rings (SSSR count). The lowest BCUT2D eigenvalue weighted by molar-refractivity contribution is -0.161. The van der Waals surface area contributed by atoms with Crippen molar-refractivity contribution in [3.8, 4) is 0 Å². The van der Waals surface area contributed by atoms with Crippen LogP contribution in [0.15, 0.2) is 146 Å². The van der Waals surface area contributed by atoms with Crippen LogP contribution < -0.4 is 0 Å². The van der Waals surface area contributed by atoms with Gasteiger partial charge < -0.3 is 33.8 Å². The molecule has 3 N–H and O–H groups in total. The Hall–Kier alpha value is -5.06. The first-order valence-corrected chi connectivity index (χ1v) is 40.1. The molecule has 0 saturated heterocycles. The van der Waals surface area contributed by atoms with Gasteiger partial charge in [-0.15, -0.1) is 0 Å². The third-order valence-corrected chi connectivity index (χ3v) is 16.7. The van der Waals surface area contributed by atoms with Crippen LogP contribution in [-0.4, -0.2) is 96.7 Å². The third-order valence-electron chi connectivity index (χ3n) is 14.7. The van der Waals surface area contributed by atoms with E-state index in [-0.39, 0.29) is 25.7 Å². The van der Waals surface area contributed by atoms with E-state index in [1.165, 1.54) is 25.7 Å². The molecule has 0 radical (unpaired) electrons. The zero-order chi connectivity index (χ0) is 71.8. The number of carbonyl (C=O) groups excluding carboxylic acids is 4. The second kappa shape index (κ2) is 70.4. The molecule has 0 bridgehead atoms. The number of carbonyl (C=O) groups is 4. The van der Waals surface area contributed by atoms with Gasteiger partial charge in [-0.1, -0.05) is 238 Å². The van der Waals surface area contributed by atoms with Crippen molar-refractivity contribution < 1.29 is 80.2 Å². The summed E-state index contributed by atoms with van der Waals surface area (Å²) in [5.74, 6) is -2.33. The van der Waals surface area contributed by atoms with Crippen molar-refractivity contribution in [2.75, 3.05) is 39.6 Å². The minimum atomic E-state index is -4.99. The Bertz CT molecular complexity index is 2430. The van der Waals surface area contributed by atoms with Gasteiger partial charge >= 0.3 is 39.5 Å². The minimum absolute atomic E-state index is 0.0640. The summed E-state index contributed by atoms with van der Waals surface area (Å²) < 4.78 is 68.3. The van der Waals surface area contributed by atoms with E-state index in [9.17, 15) is 43.2 Å². The number of unbranched alkanes of at least 4 members (excludes halogenated alkanes) is 18. The SMILES string of the molecule is CC/C=C\C/C=C\C/C=C\C/C=C\C/C=C\CCCC(=O)OCC(COP(=O)(O)OCC(O)COP(=O)(O)OCC(COC(=O)CCCC/C=C\C/C=C\C/C=C\C/C=C\CC)OC(=O)CCCCCCC/C=C\C/C=C\CCC)OC(=O)CCCCCCC/C=C\CCCCCC. The molecule has 0 aromatic heterocycles. The summed E-state index contributed by atoms with van der Waals surface area (Å²) in [4.78, 5) is 72.7. The summed E-state index contributed by atoms with van der Waals surface area (Å²) in [5.41, 5.74) is 0. The molecule has 98 heavy (non-hydrogen) atoms. The number of rotatable bonds is 68. The van der Waals surface area contributed by atoms with Crippen LogP contribution >= 0.6 is 15.6 Å². The van der Waals surface area contributed by atoms with E-state index in [0.29, 0.717) is 32.1 Å². The number of hydrogen-bond acceptors (Lipinski definition) is 15. The highest BCUT2D eigenvalue weighted by molar-refractivity contribution is 7.47. The highest BCUT2D eigenvalue weighted by Gasteiger charge is 2.30. The fourth-order valence-corrected chi connectivity index (χ4v) is 10.7. The van der Waals surface area contributed by atoms with Crippen molar-refractivity contribution in [1.82, 2.24) is 0 Å². The summed E-state index contributed by atoms with van der Waals surface area (Å²) >= 11 is 0. The van der Waals surface area contributed by atoms with E-state index in [1.54, 1.807) is 0 Å². The smallest absolute Gasteiger partial charge is 0.462 e. The standard InChI is InChI=1S/C79H130O17P2/c1-5-9-13-17-21-25-29-33-35-36-38-42-44-48-52-56-60-64-77(82)90-70-75(96-79(84)66-62-58-54-50-46-40-32-28-24-20-16-12-8-4)72-94-98(87,88)92-68-73(80)67-91-97(85,86)93-71-74(95-78(83)65-61-57-53-49-45-39-31-27-23-19-15-11-7-3)69-89-76(81)63-59-55-51-47-43-41-37-34-30-26-22-18-14-10-6-2/h9-10,13-15,19,21-22,25-28,31-35,37-38,42-43,47-48,52,73-75,80H,5-8,11-12,16-18,20,23-24,29-30,36,39-41,44-46,49-51,53-72H2,1-4H3,(H,85,86)(H,87,88)/b13-9-,14-10-,19-15-,25-21-,26-22-,31-27-,32-28-,35-33-,37-34-,42-38-,47-43-,52-48-. The normalized spacial score (nSPS) is 14.8. The quantitative estimate of drug-likeness (QED) is 0.0169. The van der Waals surface area contributed by atoms with Gasteiger partial charge in [-0.25, -0.2) is 9.13 Å². The molecule has 0 fully saturated rings. The first kappa shape index (κ1) is 92.9. The summed E-state index contributed by atoms with van der Waals surface area (Å²) in [7, 11) is -9.99. The molecule has 0 aliphatic heterocycles. The first-order chi connectivity index (χ1) is 47.7. The summed E-state index contributed by atoms with van der Waals surface area (Å²) in [6.07, 6.45) is 78.6. The molecule has 0 aliphatic carbocycles. The van der Waals surface area contributed by atoms with E-state index >= 15 is 0 Å². The lowest BCUT2D eigenvalue weighted by Gasteiger charge is -2.21. The first-order valence-electron chi connectivity index (χ1n) is 37.1. The highest BCUT2D eigenvalue weighted by atomic mass is 31.2. The van der Waals surface area contributed by atoms with Crippen molar-refractivity contribution in [2.45, 2.75) is 290 Å². The Morgan fingerprint density at radius 2 is 0.561 bits per heavy atom. The molecule has 0 aromatic carbocycles. The summed E-state index contributed by atoms with van der Waals surface area (Å²) in [5, 5.41) is 10.6. The molecular weight excluding hydrogens is 1280 g/mol. The second-order valence-corrected chi connectivity index (χ2v) is 27.0. The maximum absolute atomic E-state index is 13.1. The van der Waals surface area contributed by atoms with Crippen LogP contribution in [-0.2, 0) is 65.4 Å². The summed E-state index contributed by atoms with van der Waals surface area (Å²) in [6.45, 7) is 4.40. The van der Waals surface area contributed by atoms with Gasteiger partial charge in [0.15, 0.2) is 12.2 Å². The predicted molar refractivity (Wildman–Crippen MR) is 399 cm³/mol. The van der Waals surface area contributed by atoms with Crippen LogP contribution in [0.4, 0.5) is 0 Å². The van der Waals surface area contributed by atoms with Crippen LogP contribution in [0.5, 0.6) is 0 Å². The van der Waals surface area contributed by atoms with Crippen molar-refractivity contribution in [1.29, 1.82) is 0 Å². The summed E-state index contributed by atoms with van der Waals surface area (Å²) in [6, 6.07) is 0. The molecule has 19 heteroatoms. The van der Waals surface area contributed by atoms with Crippen LogP contribution in [0.25, 0.3) is 0 Å². The van der Waals surface area contributed by atoms with Crippen LogP contribution in [0.2, 0.25) is 0 Å². The zero-order valence-electron chi connectivity index (χ0n) is 60.7. The lowest BCUT2D eigenvalue weighted by Crippen LogP contribution is -2.30. The van der Waals surface area contributed by atoms with Gasteiger partial charge in [0.2, 0.25) is 0 Å². The lowest BCUT2D eigenvalue weighted by atomic mass is 10.1. The molecule has 5 unspecified atom stereocenters. The van der Waals surface area contributed by atoms with E-state index < -0.39 is 97.5 Å². The van der Waals surface area contributed by atoms with Crippen LogP contribution in [0.3, 0.4) is 0 Å². The van der Waals surface area contributed by atoms with Gasteiger partial charge in [-0.2, -0.15) is 0 Å². The molecule has 17 nitrogen and oxygen atoms in total. The molecule has 0 aromatic rings. The van der Waals surface area contributed by atoms with Gasteiger partial charge in [0.1, 0.15) is 19.3 Å². The molecule has 0 heterocycles. The number of ether oxygens (including phenoxy) is 4. The van der Waals surface area contributed by atoms with Gasteiger partial charge in [-0.3, -0.25) is 37.3 Å². The van der Waals surface area contributed by atoms with Crippen molar-refractivity contribution in [3.05, 3.63) is 146 Å². The maximum atomic E-state index is 13.1.